The second kappa shape index (κ2) is 10.9. The molecule has 0 aromatic carbocycles. The number of nitrogens with zero attached hydrogens (tertiary/aromatic N) is 1. The number of carboxylic acid groups (broad SMARTS) is 1. The van der Waals surface area contributed by atoms with Crippen LogP contribution >= 0.6 is 11.8 Å². The van der Waals surface area contributed by atoms with Crippen molar-refractivity contribution >= 4 is 23.6 Å². The zero-order chi connectivity index (χ0) is 21.7. The number of aliphatic carboxylic acids is 1. The van der Waals surface area contributed by atoms with E-state index in [0.717, 1.165) is 49.9 Å². The van der Waals surface area contributed by atoms with E-state index < -0.39 is 23.4 Å². The maximum Gasteiger partial charge on any atom is 0.319 e. The standard InChI is InChI=1S/C24H37NO4S/c1-16-10-12-19(13-11-16)23(27)25(14-6-7-17(2)26)20-15-21(30-22(20)24(28)29)18-8-4-3-5-9-18/h8,15-17,19-20,22,26H,3-7,9-14H2,1-2H3,(H,28,29). The van der Waals surface area contributed by atoms with Gasteiger partial charge < -0.3 is 15.1 Å². The number of hydrogen-bond donors (Lipinski definition) is 2. The van der Waals surface area contributed by atoms with Crippen molar-refractivity contribution in [3.63, 3.8) is 0 Å². The highest BCUT2D eigenvalue weighted by atomic mass is 32.2. The van der Waals surface area contributed by atoms with Gasteiger partial charge in [-0.2, -0.15) is 0 Å². The molecule has 3 rings (SSSR count). The van der Waals surface area contributed by atoms with Gasteiger partial charge in [-0.05, 0) is 88.7 Å². The predicted molar refractivity (Wildman–Crippen MR) is 121 cm³/mol. The Kier molecular flexibility index (Phi) is 8.46. The minimum Gasteiger partial charge on any atom is -0.480 e. The van der Waals surface area contributed by atoms with Gasteiger partial charge in [-0.25, -0.2) is 0 Å². The molecule has 1 saturated carbocycles. The number of thioether (sulfide) groups is 1. The largest absolute Gasteiger partial charge is 0.480 e. The molecule has 3 atom stereocenters. The van der Waals surface area contributed by atoms with Crippen molar-refractivity contribution in [3.05, 3.63) is 22.6 Å². The van der Waals surface area contributed by atoms with Crippen LogP contribution in [0.1, 0.15) is 78.1 Å². The number of carboxylic acids is 1. The average molecular weight is 436 g/mol. The summed E-state index contributed by atoms with van der Waals surface area (Å²) in [7, 11) is 0. The lowest BCUT2D eigenvalue weighted by Gasteiger charge is -2.35. The third kappa shape index (κ3) is 5.91. The zero-order valence-corrected chi connectivity index (χ0v) is 19.2. The molecular weight excluding hydrogens is 398 g/mol. The van der Waals surface area contributed by atoms with Gasteiger partial charge in [0.05, 0.1) is 12.1 Å². The molecule has 0 spiro atoms. The topological polar surface area (TPSA) is 77.8 Å². The van der Waals surface area contributed by atoms with Crippen molar-refractivity contribution in [1.29, 1.82) is 0 Å². The number of carbonyl (C=O) groups excluding carboxylic acids is 1. The molecule has 0 aromatic heterocycles. The van der Waals surface area contributed by atoms with Gasteiger partial charge in [0.1, 0.15) is 5.25 Å². The molecule has 2 N–H and O–H groups in total. The Morgan fingerprint density at radius 3 is 2.57 bits per heavy atom. The van der Waals surface area contributed by atoms with E-state index in [0.29, 0.717) is 25.3 Å². The first-order valence-electron chi connectivity index (χ1n) is 11.7. The first-order chi connectivity index (χ1) is 14.4. The number of aliphatic hydroxyl groups is 1. The van der Waals surface area contributed by atoms with Crippen LogP contribution in [-0.2, 0) is 9.59 Å². The summed E-state index contributed by atoms with van der Waals surface area (Å²) < 4.78 is 0. The fourth-order valence-corrected chi connectivity index (χ4v) is 6.18. The van der Waals surface area contributed by atoms with E-state index in [1.165, 1.54) is 23.8 Å². The molecule has 1 aliphatic heterocycles. The van der Waals surface area contributed by atoms with E-state index >= 15 is 0 Å². The molecule has 3 unspecified atom stereocenters. The molecule has 0 saturated heterocycles. The number of rotatable bonds is 8. The normalized spacial score (nSPS) is 30.4. The quantitative estimate of drug-likeness (QED) is 0.575. The van der Waals surface area contributed by atoms with Gasteiger partial charge in [-0.15, -0.1) is 11.8 Å². The van der Waals surface area contributed by atoms with Gasteiger partial charge in [0.25, 0.3) is 0 Å². The summed E-state index contributed by atoms with van der Waals surface area (Å²) in [6.45, 7) is 4.50. The molecule has 1 fully saturated rings. The third-order valence-electron chi connectivity index (χ3n) is 6.77. The molecule has 6 heteroatoms. The Morgan fingerprint density at radius 1 is 1.23 bits per heavy atom. The smallest absolute Gasteiger partial charge is 0.319 e. The molecule has 0 radical (unpaired) electrons. The summed E-state index contributed by atoms with van der Waals surface area (Å²) in [5, 5.41) is 19.0. The maximum absolute atomic E-state index is 13.5. The highest BCUT2D eigenvalue weighted by molar-refractivity contribution is 8.04. The number of hydrogen-bond acceptors (Lipinski definition) is 4. The Labute approximate surface area is 185 Å². The van der Waals surface area contributed by atoms with Crippen LogP contribution in [0.2, 0.25) is 0 Å². The predicted octanol–water partition coefficient (Wildman–Crippen LogP) is 4.76. The van der Waals surface area contributed by atoms with Crippen LogP contribution < -0.4 is 0 Å². The van der Waals surface area contributed by atoms with E-state index in [1.807, 2.05) is 11.0 Å². The maximum atomic E-state index is 13.5. The Hall–Kier alpha value is -1.27. The minimum absolute atomic E-state index is 0.00135. The summed E-state index contributed by atoms with van der Waals surface area (Å²) in [6, 6.07) is -0.411. The summed E-state index contributed by atoms with van der Waals surface area (Å²) in [6.07, 6.45) is 13.5. The SMILES string of the molecule is CC(O)CCCN(C(=O)C1CCC(C)CC1)C1C=C(C2=CCCCC2)SC1C(=O)O. The van der Waals surface area contributed by atoms with Crippen molar-refractivity contribution in [3.8, 4) is 0 Å². The van der Waals surface area contributed by atoms with Gasteiger partial charge in [0.2, 0.25) is 5.91 Å². The molecule has 3 aliphatic rings. The highest BCUT2D eigenvalue weighted by Crippen LogP contribution is 2.43. The van der Waals surface area contributed by atoms with Crippen LogP contribution in [0.25, 0.3) is 0 Å². The van der Waals surface area contributed by atoms with Crippen LogP contribution in [0.5, 0.6) is 0 Å². The molecule has 5 nitrogen and oxygen atoms in total. The molecule has 0 bridgehead atoms. The van der Waals surface area contributed by atoms with Gasteiger partial charge in [0, 0.05) is 17.4 Å². The van der Waals surface area contributed by atoms with E-state index in [9.17, 15) is 19.8 Å². The number of aliphatic hydroxyl groups excluding tert-OH is 1. The van der Waals surface area contributed by atoms with Crippen LogP contribution in [0.3, 0.4) is 0 Å². The Bertz CT molecular complexity index is 679. The molecular formula is C24H37NO4S. The van der Waals surface area contributed by atoms with E-state index in [1.54, 1.807) is 6.92 Å². The van der Waals surface area contributed by atoms with Gasteiger partial charge >= 0.3 is 5.97 Å². The Balaban J connectivity index is 1.82. The summed E-state index contributed by atoms with van der Waals surface area (Å²) in [4.78, 5) is 28.5. The van der Waals surface area contributed by atoms with E-state index in [-0.39, 0.29) is 11.8 Å². The van der Waals surface area contributed by atoms with Crippen molar-refractivity contribution in [2.75, 3.05) is 6.54 Å². The zero-order valence-electron chi connectivity index (χ0n) is 18.4. The third-order valence-corrected chi connectivity index (χ3v) is 8.15. The second-order valence-corrected chi connectivity index (χ2v) is 10.5. The molecule has 1 heterocycles. The number of carbonyl (C=O) groups is 2. The fourth-order valence-electron chi connectivity index (χ4n) is 4.89. The lowest BCUT2D eigenvalue weighted by molar-refractivity contribution is -0.141. The molecule has 30 heavy (non-hydrogen) atoms. The number of amides is 1. The van der Waals surface area contributed by atoms with Crippen LogP contribution in [0, 0.1) is 11.8 Å². The lowest BCUT2D eigenvalue weighted by Crippen LogP contribution is -2.49. The average Bonchev–Trinajstić information content (AvgIpc) is 3.17. The van der Waals surface area contributed by atoms with Crippen molar-refractivity contribution < 1.29 is 19.8 Å². The van der Waals surface area contributed by atoms with Crippen LogP contribution in [0.15, 0.2) is 22.6 Å². The van der Waals surface area contributed by atoms with Crippen molar-refractivity contribution in [2.45, 2.75) is 95.5 Å². The van der Waals surface area contributed by atoms with Crippen molar-refractivity contribution in [1.82, 2.24) is 4.90 Å². The van der Waals surface area contributed by atoms with Crippen molar-refractivity contribution in [2.24, 2.45) is 11.8 Å². The van der Waals surface area contributed by atoms with Gasteiger partial charge in [-0.3, -0.25) is 9.59 Å². The first kappa shape index (κ1) is 23.4. The highest BCUT2D eigenvalue weighted by Gasteiger charge is 2.42. The van der Waals surface area contributed by atoms with Gasteiger partial charge in [0.15, 0.2) is 0 Å². The monoisotopic (exact) mass is 435 g/mol. The van der Waals surface area contributed by atoms with E-state index in [2.05, 4.69) is 13.0 Å². The molecule has 168 valence electrons. The summed E-state index contributed by atoms with van der Waals surface area (Å²) >= 11 is 1.42. The molecule has 2 aliphatic carbocycles. The van der Waals surface area contributed by atoms with E-state index in [4.69, 9.17) is 0 Å². The summed E-state index contributed by atoms with van der Waals surface area (Å²) in [5.74, 6) is -0.0764. The fraction of sp³-hybridized carbons (Fsp3) is 0.750. The minimum atomic E-state index is -0.849. The molecule has 1 amide bonds. The second-order valence-electron chi connectivity index (χ2n) is 9.35. The Morgan fingerprint density at radius 2 is 1.97 bits per heavy atom. The lowest BCUT2D eigenvalue weighted by atomic mass is 9.82. The molecule has 0 aromatic rings. The summed E-state index contributed by atoms with van der Waals surface area (Å²) in [5.41, 5.74) is 1.25. The van der Waals surface area contributed by atoms with Crippen LogP contribution in [-0.4, -0.2) is 50.9 Å². The first-order valence-corrected chi connectivity index (χ1v) is 12.5. The van der Waals surface area contributed by atoms with Gasteiger partial charge in [-0.1, -0.05) is 13.0 Å². The number of allylic oxidation sites excluding steroid dienone is 2. The van der Waals surface area contributed by atoms with Crippen LogP contribution in [0.4, 0.5) is 0 Å².